The zero-order valence-corrected chi connectivity index (χ0v) is 21.5. The molecule has 2 aromatic heterocycles. The quantitative estimate of drug-likeness (QED) is 0.262. The fraction of sp³-hybridized carbons (Fsp3) is 0.138. The molecule has 0 bridgehead atoms. The molecule has 8 heteroatoms. The minimum Gasteiger partial charge on any atom is -0.358 e. The van der Waals surface area contributed by atoms with Crippen LogP contribution in [-0.4, -0.2) is 24.7 Å². The molecule has 0 aliphatic heterocycles. The summed E-state index contributed by atoms with van der Waals surface area (Å²) in [6, 6.07) is 26.6. The molecular weight excluding hydrogens is 483 g/mol. The van der Waals surface area contributed by atoms with Crippen LogP contribution in [0.3, 0.4) is 0 Å². The average molecular weight is 511 g/mol. The number of nitrogens with one attached hydrogen (secondary N) is 2. The van der Waals surface area contributed by atoms with Crippen molar-refractivity contribution in [3.8, 4) is 16.9 Å². The van der Waals surface area contributed by atoms with Gasteiger partial charge in [0.05, 0.1) is 35.0 Å². The Bertz CT molecular complexity index is 1510. The predicted octanol–water partition coefficient (Wildman–Crippen LogP) is 6.03. The van der Waals surface area contributed by atoms with E-state index >= 15 is 0 Å². The van der Waals surface area contributed by atoms with E-state index in [1.165, 1.54) is 12.1 Å². The zero-order chi connectivity index (χ0) is 25.8. The van der Waals surface area contributed by atoms with Crippen LogP contribution in [0, 0.1) is 19.7 Å². The van der Waals surface area contributed by atoms with E-state index < -0.39 is 0 Å². The number of para-hydroxylation sites is 1. The van der Waals surface area contributed by atoms with Crippen molar-refractivity contribution in [3.63, 3.8) is 0 Å². The summed E-state index contributed by atoms with van der Waals surface area (Å²) in [6.07, 6.45) is 2.03. The number of benzene rings is 3. The first kappa shape index (κ1) is 24.4. The van der Waals surface area contributed by atoms with Gasteiger partial charge in [-0.15, -0.1) is 0 Å². The zero-order valence-electron chi connectivity index (χ0n) is 20.6. The van der Waals surface area contributed by atoms with Crippen LogP contribution in [0.5, 0.6) is 0 Å². The molecule has 0 amide bonds. The molecular formula is C29H27FN6S. The van der Waals surface area contributed by atoms with Crippen molar-refractivity contribution >= 4 is 23.0 Å². The summed E-state index contributed by atoms with van der Waals surface area (Å²) in [5.74, 6) is -0.249. The van der Waals surface area contributed by atoms with Gasteiger partial charge >= 0.3 is 0 Å². The maximum absolute atomic E-state index is 13.3. The highest BCUT2D eigenvalue weighted by atomic mass is 32.1. The minimum absolute atomic E-state index is 0.249. The number of hydrogen-bond acceptors (Lipinski definition) is 3. The number of aryl methyl sites for hydroxylation is 1. The van der Waals surface area contributed by atoms with Gasteiger partial charge in [-0.05, 0) is 55.9 Å². The number of nitrogens with zero attached hydrogens (tertiary/aromatic N) is 4. The third-order valence-corrected chi connectivity index (χ3v) is 6.41. The maximum atomic E-state index is 13.3. The second-order valence-electron chi connectivity index (χ2n) is 8.79. The summed E-state index contributed by atoms with van der Waals surface area (Å²) in [7, 11) is 0. The lowest BCUT2D eigenvalue weighted by molar-refractivity contribution is 0.622. The van der Waals surface area contributed by atoms with E-state index in [-0.39, 0.29) is 5.82 Å². The molecule has 0 aliphatic rings. The third-order valence-electron chi connectivity index (χ3n) is 6.16. The summed E-state index contributed by atoms with van der Waals surface area (Å²) in [6.45, 7) is 4.99. The third kappa shape index (κ3) is 5.59. The molecule has 0 saturated carbocycles. The summed E-state index contributed by atoms with van der Waals surface area (Å²) in [4.78, 5) is 0. The fourth-order valence-electron chi connectivity index (χ4n) is 4.22. The number of halogens is 1. The van der Waals surface area contributed by atoms with Gasteiger partial charge in [-0.25, -0.2) is 9.07 Å². The average Bonchev–Trinajstić information content (AvgIpc) is 3.46. The summed E-state index contributed by atoms with van der Waals surface area (Å²) >= 11 is 5.64. The summed E-state index contributed by atoms with van der Waals surface area (Å²) in [5, 5.41) is 16.7. The Morgan fingerprint density at radius 2 is 1.57 bits per heavy atom. The van der Waals surface area contributed by atoms with Gasteiger partial charge in [-0.2, -0.15) is 10.2 Å². The van der Waals surface area contributed by atoms with Crippen LogP contribution in [0.15, 0.2) is 91.1 Å². The van der Waals surface area contributed by atoms with Crippen molar-refractivity contribution in [1.29, 1.82) is 0 Å². The molecule has 0 spiro atoms. The monoisotopic (exact) mass is 510 g/mol. The van der Waals surface area contributed by atoms with Crippen molar-refractivity contribution in [2.75, 3.05) is 5.32 Å². The van der Waals surface area contributed by atoms with Crippen LogP contribution >= 0.6 is 12.2 Å². The topological polar surface area (TPSA) is 59.7 Å². The summed E-state index contributed by atoms with van der Waals surface area (Å²) in [5.41, 5.74) is 7.59. The number of anilines is 1. The Labute approximate surface area is 220 Å². The van der Waals surface area contributed by atoms with E-state index in [1.807, 2.05) is 77.9 Å². The normalized spacial score (nSPS) is 10.9. The molecule has 0 saturated heterocycles. The van der Waals surface area contributed by atoms with Gasteiger partial charge in [0.2, 0.25) is 0 Å². The first-order valence-corrected chi connectivity index (χ1v) is 12.4. The van der Waals surface area contributed by atoms with Gasteiger partial charge in [-0.3, -0.25) is 4.68 Å². The molecule has 2 N–H and O–H groups in total. The van der Waals surface area contributed by atoms with Gasteiger partial charge in [0.15, 0.2) is 5.11 Å². The number of hydrogen-bond donors (Lipinski definition) is 2. The maximum Gasteiger partial charge on any atom is 0.171 e. The smallest absolute Gasteiger partial charge is 0.171 e. The Morgan fingerprint density at radius 1 is 0.892 bits per heavy atom. The molecule has 0 atom stereocenters. The highest BCUT2D eigenvalue weighted by Crippen LogP contribution is 2.24. The van der Waals surface area contributed by atoms with Crippen molar-refractivity contribution in [2.24, 2.45) is 0 Å². The highest BCUT2D eigenvalue weighted by molar-refractivity contribution is 7.80. The lowest BCUT2D eigenvalue weighted by Gasteiger charge is -2.11. The fourth-order valence-corrected chi connectivity index (χ4v) is 4.39. The van der Waals surface area contributed by atoms with E-state index in [0.29, 0.717) is 18.2 Å². The van der Waals surface area contributed by atoms with Gasteiger partial charge in [0.25, 0.3) is 0 Å². The summed E-state index contributed by atoms with van der Waals surface area (Å²) < 4.78 is 17.0. The van der Waals surface area contributed by atoms with Crippen LogP contribution in [0.1, 0.15) is 22.5 Å². The molecule has 0 aliphatic carbocycles. The van der Waals surface area contributed by atoms with Crippen molar-refractivity contribution < 1.29 is 4.39 Å². The molecule has 0 radical (unpaired) electrons. The van der Waals surface area contributed by atoms with E-state index in [0.717, 1.165) is 45.1 Å². The Balaban J connectivity index is 1.31. The Hall–Kier alpha value is -4.30. The van der Waals surface area contributed by atoms with Crippen molar-refractivity contribution in [1.82, 2.24) is 24.9 Å². The Morgan fingerprint density at radius 3 is 2.27 bits per heavy atom. The molecule has 2 heterocycles. The van der Waals surface area contributed by atoms with E-state index in [4.69, 9.17) is 17.3 Å². The predicted molar refractivity (Wildman–Crippen MR) is 149 cm³/mol. The van der Waals surface area contributed by atoms with Gasteiger partial charge in [-0.1, -0.05) is 60.7 Å². The van der Waals surface area contributed by atoms with E-state index in [9.17, 15) is 4.39 Å². The second kappa shape index (κ2) is 10.8. The van der Waals surface area contributed by atoms with E-state index in [1.54, 1.807) is 12.1 Å². The highest BCUT2D eigenvalue weighted by Gasteiger charge is 2.15. The van der Waals surface area contributed by atoms with Crippen molar-refractivity contribution in [2.45, 2.75) is 26.9 Å². The molecule has 37 heavy (non-hydrogen) atoms. The van der Waals surface area contributed by atoms with Gasteiger partial charge < -0.3 is 10.6 Å². The van der Waals surface area contributed by atoms with Crippen LogP contribution < -0.4 is 10.6 Å². The largest absolute Gasteiger partial charge is 0.358 e. The van der Waals surface area contributed by atoms with Crippen LogP contribution in [0.2, 0.25) is 0 Å². The lowest BCUT2D eigenvalue weighted by atomic mass is 10.1. The second-order valence-corrected chi connectivity index (χ2v) is 9.19. The Kier molecular flexibility index (Phi) is 7.09. The van der Waals surface area contributed by atoms with Gasteiger partial charge in [0, 0.05) is 23.9 Å². The molecule has 0 unspecified atom stereocenters. The number of aromatic nitrogens is 4. The first-order chi connectivity index (χ1) is 18.0. The van der Waals surface area contributed by atoms with Gasteiger partial charge in [0.1, 0.15) is 5.82 Å². The molecule has 5 aromatic rings. The van der Waals surface area contributed by atoms with E-state index in [2.05, 4.69) is 27.9 Å². The molecule has 3 aromatic carbocycles. The van der Waals surface area contributed by atoms with Crippen LogP contribution in [0.4, 0.5) is 10.1 Å². The molecule has 6 nitrogen and oxygen atoms in total. The lowest BCUT2D eigenvalue weighted by Crippen LogP contribution is -2.28. The molecule has 5 rings (SSSR count). The number of thiocarbonyl (C=S) groups is 1. The first-order valence-electron chi connectivity index (χ1n) is 12.0. The minimum atomic E-state index is -0.249. The van der Waals surface area contributed by atoms with Crippen LogP contribution in [-0.2, 0) is 13.1 Å². The molecule has 186 valence electrons. The van der Waals surface area contributed by atoms with Crippen LogP contribution in [0.25, 0.3) is 16.9 Å². The number of rotatable bonds is 7. The SMILES string of the molecule is Cc1nn(Cc2ccc(F)cc2)c(C)c1NC(=S)NCc1cn(-c2ccccc2)nc1-c1ccccc1. The standard InChI is InChI=1S/C29H27FN6S/c1-20-27(21(2)35(33-20)18-22-13-15-25(30)16-14-22)32-29(37)31-17-24-19-36(26-11-7-4-8-12-26)34-28(24)23-9-5-3-6-10-23/h3-16,19H,17-18H2,1-2H3,(H2,31,32,37). The molecule has 0 fully saturated rings. The van der Waals surface area contributed by atoms with Crippen molar-refractivity contribution in [3.05, 3.63) is 119 Å².